The molecule has 0 radical (unpaired) electrons. The lowest BCUT2D eigenvalue weighted by molar-refractivity contribution is -0.386. The number of carbonyl (C=O) groups is 1. The molecule has 1 amide bonds. The summed E-state index contributed by atoms with van der Waals surface area (Å²) in [4.78, 5) is 23.9. The Morgan fingerprint density at radius 3 is 2.64 bits per heavy atom. The molecule has 0 unspecified atom stereocenters. The van der Waals surface area contributed by atoms with Gasteiger partial charge in [0.25, 0.3) is 15.9 Å². The zero-order valence-corrected chi connectivity index (χ0v) is 15.3. The first-order valence-electron chi connectivity index (χ1n) is 7.84. The molecule has 2 N–H and O–H groups in total. The van der Waals surface area contributed by atoms with Crippen LogP contribution in [0.1, 0.15) is 0 Å². The van der Waals surface area contributed by atoms with E-state index in [1.807, 2.05) is 10.3 Å². The minimum Gasteiger partial charge on any atom is -0.490 e. The van der Waals surface area contributed by atoms with Crippen molar-refractivity contribution >= 4 is 21.6 Å². The monoisotopic (exact) mass is 409 g/mol. The maximum Gasteiger partial charge on any atom is 0.312 e. The molecule has 0 fully saturated rings. The zero-order valence-electron chi connectivity index (χ0n) is 14.4. The van der Waals surface area contributed by atoms with Gasteiger partial charge in [0.05, 0.1) is 16.9 Å². The number of amides is 1. The molecule has 1 aliphatic rings. The lowest BCUT2D eigenvalue weighted by Gasteiger charge is -2.25. The first-order valence-corrected chi connectivity index (χ1v) is 9.32. The Bertz CT molecular complexity index is 1020. The normalized spacial score (nSPS) is 15.5. The van der Waals surface area contributed by atoms with Gasteiger partial charge in [0, 0.05) is 6.07 Å². The Hall–Kier alpha value is -3.38. The number of fused-ring (bicyclic) bond motifs is 1. The summed E-state index contributed by atoms with van der Waals surface area (Å²) in [6.07, 6.45) is -1.08. The molecule has 148 valence electrons. The second-order valence-electron chi connectivity index (χ2n) is 5.55. The molecule has 1 heterocycles. The second kappa shape index (κ2) is 7.70. The summed E-state index contributed by atoms with van der Waals surface area (Å²) in [5.41, 5.74) is 1.49. The number of ether oxygens (including phenoxy) is 3. The predicted molar refractivity (Wildman–Crippen MR) is 94.5 cm³/mol. The Balaban J connectivity index is 1.69. The van der Waals surface area contributed by atoms with Gasteiger partial charge in [-0.05, 0) is 24.3 Å². The fourth-order valence-electron chi connectivity index (χ4n) is 2.39. The lowest BCUT2D eigenvalue weighted by atomic mass is 10.2. The van der Waals surface area contributed by atoms with Crippen molar-refractivity contribution in [1.82, 2.24) is 10.3 Å². The van der Waals surface area contributed by atoms with E-state index in [-0.39, 0.29) is 12.4 Å². The molecule has 12 heteroatoms. The molecule has 0 aliphatic carbocycles. The number of hydrazine groups is 1. The molecule has 0 saturated heterocycles. The van der Waals surface area contributed by atoms with E-state index in [0.717, 1.165) is 18.2 Å². The number of hydrogen-bond acceptors (Lipinski definition) is 8. The Morgan fingerprint density at radius 2 is 1.96 bits per heavy atom. The smallest absolute Gasteiger partial charge is 0.312 e. The first-order chi connectivity index (χ1) is 13.3. The Morgan fingerprint density at radius 1 is 1.25 bits per heavy atom. The van der Waals surface area contributed by atoms with E-state index >= 15 is 0 Å². The zero-order chi connectivity index (χ0) is 20.3. The minimum atomic E-state index is -4.27. The number of nitro groups is 1. The average molecular weight is 409 g/mol. The van der Waals surface area contributed by atoms with Crippen molar-refractivity contribution in [3.05, 3.63) is 52.6 Å². The topological polar surface area (TPSA) is 146 Å². The summed E-state index contributed by atoms with van der Waals surface area (Å²) in [7, 11) is -3.05. The number of sulfonamides is 1. The lowest BCUT2D eigenvalue weighted by Crippen LogP contribution is -2.50. The van der Waals surface area contributed by atoms with Gasteiger partial charge in [-0.15, -0.1) is 4.83 Å². The fourth-order valence-corrected chi connectivity index (χ4v) is 3.25. The van der Waals surface area contributed by atoms with E-state index < -0.39 is 37.5 Å². The maximum absolute atomic E-state index is 12.3. The molecule has 1 atom stereocenters. The number of para-hydroxylation sites is 2. The van der Waals surface area contributed by atoms with Crippen LogP contribution in [0.15, 0.2) is 47.4 Å². The van der Waals surface area contributed by atoms with E-state index in [2.05, 4.69) is 0 Å². The highest BCUT2D eigenvalue weighted by Gasteiger charge is 2.29. The van der Waals surface area contributed by atoms with Gasteiger partial charge in [-0.1, -0.05) is 12.1 Å². The molecular formula is C16H15N3O8S. The molecule has 0 saturated carbocycles. The summed E-state index contributed by atoms with van der Waals surface area (Å²) in [5.74, 6) is -0.0688. The number of hydrogen-bond donors (Lipinski definition) is 2. The summed E-state index contributed by atoms with van der Waals surface area (Å²) >= 11 is 0. The van der Waals surface area contributed by atoms with Gasteiger partial charge < -0.3 is 14.2 Å². The van der Waals surface area contributed by atoms with Gasteiger partial charge in [0.2, 0.25) is 6.10 Å². The summed E-state index contributed by atoms with van der Waals surface area (Å²) in [6.45, 7) is -0.113. The average Bonchev–Trinajstić information content (AvgIpc) is 2.71. The van der Waals surface area contributed by atoms with Crippen molar-refractivity contribution in [3.63, 3.8) is 0 Å². The Kier molecular flexibility index (Phi) is 5.33. The largest absolute Gasteiger partial charge is 0.490 e. The fraction of sp³-hybridized carbons (Fsp3) is 0.188. The van der Waals surface area contributed by atoms with Gasteiger partial charge in [0.15, 0.2) is 17.2 Å². The molecule has 0 aromatic heterocycles. The van der Waals surface area contributed by atoms with Crippen LogP contribution < -0.4 is 24.5 Å². The molecule has 3 rings (SSSR count). The van der Waals surface area contributed by atoms with Crippen LogP contribution in [0.25, 0.3) is 0 Å². The van der Waals surface area contributed by atoms with Crippen molar-refractivity contribution in [2.75, 3.05) is 13.7 Å². The molecule has 0 spiro atoms. The van der Waals surface area contributed by atoms with Crippen molar-refractivity contribution in [2.45, 2.75) is 11.0 Å². The third-order valence-corrected chi connectivity index (χ3v) is 5.01. The van der Waals surface area contributed by atoms with Crippen LogP contribution in [0.5, 0.6) is 17.2 Å². The molecule has 28 heavy (non-hydrogen) atoms. The number of rotatable bonds is 6. The standard InChI is InChI=1S/C16H15N3O8S/c1-25-12-7-6-10(8-11(12)19(21)22)28(23,24)18-17-16(20)15-9-26-13-4-2-3-5-14(13)27-15/h2-8,15,18H,9H2,1H3,(H,17,20)/t15-/m0/s1. The highest BCUT2D eigenvalue weighted by molar-refractivity contribution is 7.89. The van der Waals surface area contributed by atoms with E-state index in [1.54, 1.807) is 24.3 Å². The highest BCUT2D eigenvalue weighted by Crippen LogP contribution is 2.31. The molecule has 2 aromatic rings. The van der Waals surface area contributed by atoms with Crippen LogP contribution in [-0.2, 0) is 14.8 Å². The number of nitro benzene ring substituents is 1. The molecule has 1 aliphatic heterocycles. The van der Waals surface area contributed by atoms with Crippen LogP contribution in [0.3, 0.4) is 0 Å². The quantitative estimate of drug-likeness (QED) is 0.525. The van der Waals surface area contributed by atoms with E-state index in [4.69, 9.17) is 14.2 Å². The minimum absolute atomic E-state index is 0.0978. The van der Waals surface area contributed by atoms with E-state index in [0.29, 0.717) is 11.5 Å². The number of carbonyl (C=O) groups excluding carboxylic acids is 1. The summed E-state index contributed by atoms with van der Waals surface area (Å²) in [6, 6.07) is 9.79. The van der Waals surface area contributed by atoms with Crippen LogP contribution in [0.4, 0.5) is 5.69 Å². The van der Waals surface area contributed by atoms with Crippen LogP contribution in [0.2, 0.25) is 0 Å². The Labute approximate surface area is 159 Å². The third-order valence-electron chi connectivity index (χ3n) is 3.77. The van der Waals surface area contributed by atoms with Crippen molar-refractivity contribution in [3.8, 4) is 17.2 Å². The van der Waals surface area contributed by atoms with Gasteiger partial charge in [-0.3, -0.25) is 20.3 Å². The van der Waals surface area contributed by atoms with Gasteiger partial charge in [0.1, 0.15) is 6.61 Å². The maximum atomic E-state index is 12.3. The van der Waals surface area contributed by atoms with E-state index in [9.17, 15) is 23.3 Å². The number of nitrogens with one attached hydrogen (secondary N) is 2. The predicted octanol–water partition coefficient (Wildman–Crippen LogP) is 0.753. The molecule has 11 nitrogen and oxygen atoms in total. The first kappa shape index (κ1) is 19.4. The van der Waals surface area contributed by atoms with Crippen molar-refractivity contribution in [2.24, 2.45) is 0 Å². The summed E-state index contributed by atoms with van der Waals surface area (Å²) in [5, 5.41) is 11.0. The third kappa shape index (κ3) is 3.97. The van der Waals surface area contributed by atoms with Crippen LogP contribution in [0, 0.1) is 10.1 Å². The molecule has 2 aromatic carbocycles. The molecular weight excluding hydrogens is 394 g/mol. The van der Waals surface area contributed by atoms with Crippen LogP contribution in [-0.4, -0.2) is 39.1 Å². The highest BCUT2D eigenvalue weighted by atomic mass is 32.2. The van der Waals surface area contributed by atoms with Gasteiger partial charge >= 0.3 is 5.69 Å². The number of nitrogens with zero attached hydrogens (tertiary/aromatic N) is 1. The second-order valence-corrected chi connectivity index (χ2v) is 7.23. The van der Waals surface area contributed by atoms with Gasteiger partial charge in [-0.2, -0.15) is 0 Å². The van der Waals surface area contributed by atoms with Gasteiger partial charge in [-0.25, -0.2) is 8.42 Å². The molecule has 0 bridgehead atoms. The summed E-state index contributed by atoms with van der Waals surface area (Å²) < 4.78 is 40.3. The van der Waals surface area contributed by atoms with E-state index in [1.165, 1.54) is 7.11 Å². The van der Waals surface area contributed by atoms with Crippen molar-refractivity contribution in [1.29, 1.82) is 0 Å². The number of methoxy groups -OCH3 is 1. The number of benzene rings is 2. The van der Waals surface area contributed by atoms with Crippen molar-refractivity contribution < 1.29 is 32.3 Å². The SMILES string of the molecule is COc1ccc(S(=O)(=O)NNC(=O)[C@@H]2COc3ccccc3O2)cc1[N+](=O)[O-]. The van der Waals surface area contributed by atoms with Crippen LogP contribution >= 0.6 is 0 Å².